The second-order valence-electron chi connectivity index (χ2n) is 5.80. The van der Waals surface area contributed by atoms with E-state index < -0.39 is 0 Å². The summed E-state index contributed by atoms with van der Waals surface area (Å²) in [6.45, 7) is 8.64. The zero-order valence-electron chi connectivity index (χ0n) is 15.8. The van der Waals surface area contributed by atoms with Crippen molar-refractivity contribution in [2.24, 2.45) is 0 Å². The third-order valence-corrected chi connectivity index (χ3v) is 3.87. The van der Waals surface area contributed by atoms with Gasteiger partial charge < -0.3 is 11.7 Å². The van der Waals surface area contributed by atoms with Crippen molar-refractivity contribution in [1.82, 2.24) is 0 Å². The van der Waals surface area contributed by atoms with Crippen LogP contribution in [0.4, 0.5) is 0 Å². The Morgan fingerprint density at radius 2 is 1.13 bits per heavy atom. The fourth-order valence-electron chi connectivity index (χ4n) is 2.32. The van der Waals surface area contributed by atoms with Crippen LogP contribution in [0, 0.1) is 6.92 Å². The van der Waals surface area contributed by atoms with Crippen molar-refractivity contribution < 1.29 is 24.2 Å². The molecule has 1 nitrogen and oxygen atoms in total. The van der Waals surface area contributed by atoms with Crippen molar-refractivity contribution >= 4 is 29.2 Å². The van der Waals surface area contributed by atoms with Gasteiger partial charge in [-0.3, -0.25) is 0 Å². The standard InChI is InChI=1S/C16H33.C3H6OS2.Zn/c1-3-5-7-9-11-13-15-16-14-12-10-8-6-4-2;1-2-4-3(5)6;/h1,3-16H2,2H3;2H2,1H3,(H,5,6);/q-1;;. The van der Waals surface area contributed by atoms with E-state index in [0.29, 0.717) is 11.0 Å². The van der Waals surface area contributed by atoms with Gasteiger partial charge in [0.1, 0.15) is 0 Å². The average Bonchev–Trinajstić information content (AvgIpc) is 2.49. The molecule has 23 heavy (non-hydrogen) atoms. The molecular formula is C19H39OS2Zn-. The quantitative estimate of drug-likeness (QED) is 0.104. The number of thiocarbonyl (C=S) groups is 1. The van der Waals surface area contributed by atoms with Crippen LogP contribution in [0.3, 0.4) is 0 Å². The van der Waals surface area contributed by atoms with Crippen LogP contribution in [-0.4, -0.2) is 11.0 Å². The van der Waals surface area contributed by atoms with Crippen LogP contribution < -0.4 is 0 Å². The topological polar surface area (TPSA) is 9.23 Å². The van der Waals surface area contributed by atoms with E-state index in [2.05, 4.69) is 43.4 Å². The van der Waals surface area contributed by atoms with Crippen molar-refractivity contribution in [3.05, 3.63) is 6.92 Å². The molecule has 0 aromatic carbocycles. The summed E-state index contributed by atoms with van der Waals surface area (Å²) in [4.78, 5) is 0. The van der Waals surface area contributed by atoms with Crippen LogP contribution in [-0.2, 0) is 24.2 Å². The molecule has 0 bridgehead atoms. The van der Waals surface area contributed by atoms with E-state index in [-0.39, 0.29) is 19.5 Å². The molecule has 0 radical (unpaired) electrons. The van der Waals surface area contributed by atoms with Gasteiger partial charge in [0.05, 0.1) is 6.61 Å². The molecule has 0 aliphatic heterocycles. The van der Waals surface area contributed by atoms with Gasteiger partial charge in [0.2, 0.25) is 4.38 Å². The van der Waals surface area contributed by atoms with Gasteiger partial charge in [-0.15, -0.1) is 0 Å². The van der Waals surface area contributed by atoms with Gasteiger partial charge in [0, 0.05) is 19.5 Å². The maximum absolute atomic E-state index is 4.64. The summed E-state index contributed by atoms with van der Waals surface area (Å²) < 4.78 is 4.95. The minimum absolute atomic E-state index is 0. The van der Waals surface area contributed by atoms with Crippen LogP contribution in [0.1, 0.15) is 104 Å². The summed E-state index contributed by atoms with van der Waals surface area (Å²) in [5.41, 5.74) is 0. The molecule has 136 valence electrons. The van der Waals surface area contributed by atoms with Crippen molar-refractivity contribution in [2.45, 2.75) is 104 Å². The third-order valence-electron chi connectivity index (χ3n) is 3.62. The molecule has 0 spiro atoms. The molecule has 0 aromatic rings. The molecule has 0 aliphatic rings. The first kappa shape index (κ1) is 28.7. The Balaban J connectivity index is -0.000000487. The fraction of sp³-hybridized carbons (Fsp3) is 0.895. The first-order chi connectivity index (χ1) is 10.7. The molecular weight excluding hydrogens is 374 g/mol. The van der Waals surface area contributed by atoms with Crippen molar-refractivity contribution in [3.8, 4) is 0 Å². The minimum Gasteiger partial charge on any atom is -0.479 e. The van der Waals surface area contributed by atoms with E-state index in [9.17, 15) is 0 Å². The summed E-state index contributed by atoms with van der Waals surface area (Å²) in [6.07, 6.45) is 19.8. The van der Waals surface area contributed by atoms with Crippen molar-refractivity contribution in [1.29, 1.82) is 0 Å². The number of unbranched alkanes of at least 4 members (excludes halogenated alkanes) is 13. The van der Waals surface area contributed by atoms with Crippen LogP contribution in [0.25, 0.3) is 0 Å². The van der Waals surface area contributed by atoms with Crippen molar-refractivity contribution in [3.63, 3.8) is 0 Å². The van der Waals surface area contributed by atoms with Crippen LogP contribution >= 0.6 is 24.8 Å². The molecule has 0 aliphatic carbocycles. The summed E-state index contributed by atoms with van der Waals surface area (Å²) in [5, 5.41) is 0. The number of thiol groups is 1. The van der Waals surface area contributed by atoms with Gasteiger partial charge in [-0.25, -0.2) is 0 Å². The van der Waals surface area contributed by atoms with Crippen LogP contribution in [0.5, 0.6) is 0 Å². The zero-order valence-corrected chi connectivity index (χ0v) is 20.5. The van der Waals surface area contributed by atoms with E-state index in [4.69, 9.17) is 0 Å². The average molecular weight is 413 g/mol. The Hall–Kier alpha value is 0.863. The molecule has 0 saturated heterocycles. The monoisotopic (exact) mass is 411 g/mol. The zero-order chi connectivity index (χ0) is 16.9. The number of hydrogen-bond acceptors (Lipinski definition) is 2. The molecule has 0 atom stereocenters. The van der Waals surface area contributed by atoms with Crippen LogP contribution in [0.15, 0.2) is 0 Å². The predicted octanol–water partition coefficient (Wildman–Crippen LogP) is 7.54. The minimum atomic E-state index is 0. The van der Waals surface area contributed by atoms with Gasteiger partial charge >= 0.3 is 0 Å². The predicted molar refractivity (Wildman–Crippen MR) is 109 cm³/mol. The van der Waals surface area contributed by atoms with E-state index in [1.54, 1.807) is 0 Å². The van der Waals surface area contributed by atoms with Gasteiger partial charge in [-0.05, 0) is 19.1 Å². The molecule has 0 aromatic heterocycles. The first-order valence-corrected chi connectivity index (χ1v) is 10.2. The molecule has 0 heterocycles. The van der Waals surface area contributed by atoms with Crippen molar-refractivity contribution in [2.75, 3.05) is 6.61 Å². The Morgan fingerprint density at radius 3 is 1.35 bits per heavy atom. The van der Waals surface area contributed by atoms with Crippen LogP contribution in [0.2, 0.25) is 0 Å². The Labute approximate surface area is 170 Å². The SMILES string of the molecule is CCOC(=S)S.[CH2-]CCCCCCCCCCCCCCC.[Zn]. The molecule has 0 unspecified atom stereocenters. The Kier molecular flexibility index (Phi) is 34.5. The normalized spacial score (nSPS) is 9.57. The molecule has 0 N–H and O–H groups in total. The van der Waals surface area contributed by atoms with Gasteiger partial charge in [0.25, 0.3) is 0 Å². The van der Waals surface area contributed by atoms with E-state index in [1.807, 2.05) is 6.92 Å². The van der Waals surface area contributed by atoms with Gasteiger partial charge in [-0.2, -0.15) is 6.42 Å². The molecule has 0 amide bonds. The second-order valence-corrected chi connectivity index (χ2v) is 6.87. The summed E-state index contributed by atoms with van der Waals surface area (Å²) in [7, 11) is 0. The Morgan fingerprint density at radius 1 is 0.783 bits per heavy atom. The largest absolute Gasteiger partial charge is 0.479 e. The number of hydrogen-bond donors (Lipinski definition) is 1. The van der Waals surface area contributed by atoms with Gasteiger partial charge in [0.15, 0.2) is 0 Å². The first-order valence-electron chi connectivity index (χ1n) is 9.33. The van der Waals surface area contributed by atoms with E-state index in [1.165, 1.54) is 83.5 Å². The van der Waals surface area contributed by atoms with Gasteiger partial charge in [-0.1, -0.05) is 103 Å². The molecule has 0 rings (SSSR count). The van der Waals surface area contributed by atoms with E-state index >= 15 is 0 Å². The number of rotatable bonds is 14. The maximum Gasteiger partial charge on any atom is 0.216 e. The fourth-order valence-corrected chi connectivity index (χ4v) is 2.56. The Bertz CT molecular complexity index is 200. The molecule has 4 heteroatoms. The summed E-state index contributed by atoms with van der Waals surface area (Å²) in [5.74, 6) is 0. The maximum atomic E-state index is 4.64. The third kappa shape index (κ3) is 35.0. The number of ether oxygens (including phenoxy) is 1. The van der Waals surface area contributed by atoms with E-state index in [0.717, 1.165) is 6.42 Å². The smallest absolute Gasteiger partial charge is 0.216 e. The molecule has 0 fully saturated rings. The summed E-state index contributed by atoms with van der Waals surface area (Å²) >= 11 is 8.12. The second kappa shape index (κ2) is 27.7. The molecule has 0 saturated carbocycles. The summed E-state index contributed by atoms with van der Waals surface area (Å²) in [6, 6.07) is 0.